The fraction of sp³-hybridized carbons (Fsp3) is 0.226. The van der Waals surface area contributed by atoms with E-state index >= 15 is 0 Å². The van der Waals surface area contributed by atoms with E-state index in [0.29, 0.717) is 35.2 Å². The van der Waals surface area contributed by atoms with Crippen molar-refractivity contribution in [1.82, 2.24) is 14.4 Å². The molecule has 0 saturated heterocycles. The molecule has 0 atom stereocenters. The Morgan fingerprint density at radius 2 is 1.80 bits per heavy atom. The lowest BCUT2D eigenvalue weighted by Crippen LogP contribution is -2.47. The van der Waals surface area contributed by atoms with Crippen LogP contribution in [0.1, 0.15) is 35.7 Å². The van der Waals surface area contributed by atoms with E-state index in [1.54, 1.807) is 24.5 Å². The molecule has 3 aromatic carbocycles. The molecule has 0 aliphatic heterocycles. The largest absolute Gasteiger partial charge is 0.489 e. The Hall–Kier alpha value is -4.25. The summed E-state index contributed by atoms with van der Waals surface area (Å²) in [5.74, 6) is 1.61. The average Bonchev–Trinajstić information content (AvgIpc) is 3.35. The van der Waals surface area contributed by atoms with Crippen molar-refractivity contribution < 1.29 is 22.4 Å². The standard InChI is InChI=1S/C31H30N4O5S/c1-21-10-12-26(13-11-21)41(37,38)40-20-31(36)17-24(18-31)30-34-27(28-29(32)33-14-15-35(28)30)23-8-5-9-25(16-23)39-19-22-6-3-2-4-7-22/h2-16,24,36H,17-20H2,1H3,(H2,32,33). The van der Waals surface area contributed by atoms with E-state index < -0.39 is 15.7 Å². The van der Waals surface area contributed by atoms with Crippen LogP contribution in [0, 0.1) is 6.92 Å². The number of ether oxygens (including phenoxy) is 1. The van der Waals surface area contributed by atoms with Gasteiger partial charge in [-0.1, -0.05) is 60.2 Å². The molecule has 0 unspecified atom stereocenters. The number of imidazole rings is 1. The van der Waals surface area contributed by atoms with E-state index in [0.717, 1.165) is 16.7 Å². The maximum absolute atomic E-state index is 12.6. The van der Waals surface area contributed by atoms with Crippen LogP contribution in [0.3, 0.4) is 0 Å². The van der Waals surface area contributed by atoms with Crippen LogP contribution in [0.15, 0.2) is 96.2 Å². The van der Waals surface area contributed by atoms with Crippen LogP contribution < -0.4 is 10.5 Å². The minimum absolute atomic E-state index is 0.0596. The number of hydrogen-bond acceptors (Lipinski definition) is 8. The Bertz CT molecular complexity index is 1800. The van der Waals surface area contributed by atoms with Gasteiger partial charge in [0.1, 0.15) is 35.2 Å². The van der Waals surface area contributed by atoms with Gasteiger partial charge in [-0.05, 0) is 49.6 Å². The van der Waals surface area contributed by atoms with E-state index in [-0.39, 0.29) is 30.3 Å². The SMILES string of the molecule is Cc1ccc(S(=O)(=O)OCC2(O)CC(c3nc(-c4cccc(OCc5ccccc5)c4)c4c(N)nccn34)C2)cc1. The Balaban J connectivity index is 1.21. The summed E-state index contributed by atoms with van der Waals surface area (Å²) >= 11 is 0. The van der Waals surface area contributed by atoms with Crippen LogP contribution in [-0.2, 0) is 20.9 Å². The van der Waals surface area contributed by atoms with Crippen LogP contribution in [-0.4, -0.2) is 40.1 Å². The first-order chi connectivity index (χ1) is 19.7. The Morgan fingerprint density at radius 1 is 1.05 bits per heavy atom. The number of rotatable bonds is 9. The highest BCUT2D eigenvalue weighted by Crippen LogP contribution is 2.46. The summed E-state index contributed by atoms with van der Waals surface area (Å²) in [6, 6.07) is 24.0. The van der Waals surface area contributed by atoms with Gasteiger partial charge in [-0.3, -0.25) is 8.58 Å². The number of nitrogens with two attached hydrogens (primary N) is 1. The van der Waals surface area contributed by atoms with Gasteiger partial charge < -0.3 is 15.6 Å². The minimum Gasteiger partial charge on any atom is -0.489 e. The van der Waals surface area contributed by atoms with E-state index in [1.165, 1.54) is 12.1 Å². The lowest BCUT2D eigenvalue weighted by atomic mass is 9.71. The van der Waals surface area contributed by atoms with Gasteiger partial charge in [0, 0.05) is 23.9 Å². The molecule has 210 valence electrons. The molecule has 41 heavy (non-hydrogen) atoms. The molecule has 1 saturated carbocycles. The molecule has 5 aromatic rings. The van der Waals surface area contributed by atoms with Crippen LogP contribution in [0.4, 0.5) is 5.82 Å². The fourth-order valence-corrected chi connectivity index (χ4v) is 6.15. The summed E-state index contributed by atoms with van der Waals surface area (Å²) in [4.78, 5) is 9.29. The number of aryl methyl sites for hydroxylation is 1. The Morgan fingerprint density at radius 3 is 2.56 bits per heavy atom. The third-order valence-electron chi connectivity index (χ3n) is 7.38. The van der Waals surface area contributed by atoms with Crippen LogP contribution >= 0.6 is 0 Å². The smallest absolute Gasteiger partial charge is 0.297 e. The topological polar surface area (TPSA) is 129 Å². The molecule has 0 radical (unpaired) electrons. The van der Waals surface area contributed by atoms with Crippen molar-refractivity contribution in [3.63, 3.8) is 0 Å². The van der Waals surface area contributed by atoms with Crippen molar-refractivity contribution in [3.05, 3.63) is 108 Å². The average molecular weight is 571 g/mol. The second kappa shape index (κ2) is 10.6. The molecule has 1 fully saturated rings. The first-order valence-corrected chi connectivity index (χ1v) is 14.7. The number of anilines is 1. The predicted octanol–water partition coefficient (Wildman–Crippen LogP) is 4.88. The quantitative estimate of drug-likeness (QED) is 0.240. The van der Waals surface area contributed by atoms with Crippen molar-refractivity contribution in [2.75, 3.05) is 12.3 Å². The molecular weight excluding hydrogens is 540 g/mol. The van der Waals surface area contributed by atoms with Gasteiger partial charge in [0.2, 0.25) is 0 Å². The first kappa shape index (κ1) is 26.9. The molecule has 0 amide bonds. The summed E-state index contributed by atoms with van der Waals surface area (Å²) in [5, 5.41) is 11.1. The number of benzene rings is 3. The van der Waals surface area contributed by atoms with Gasteiger partial charge in [0.25, 0.3) is 10.1 Å². The zero-order chi connectivity index (χ0) is 28.6. The monoisotopic (exact) mass is 570 g/mol. The summed E-state index contributed by atoms with van der Waals surface area (Å²) in [7, 11) is -3.98. The molecule has 0 spiro atoms. The third kappa shape index (κ3) is 5.54. The number of nitrogens with zero attached hydrogens (tertiary/aromatic N) is 3. The maximum Gasteiger partial charge on any atom is 0.297 e. The molecule has 2 heterocycles. The van der Waals surface area contributed by atoms with Gasteiger partial charge in [-0.15, -0.1) is 0 Å². The second-order valence-corrected chi connectivity index (χ2v) is 12.1. The van der Waals surface area contributed by atoms with Gasteiger partial charge in [-0.25, -0.2) is 9.97 Å². The number of hydrogen-bond donors (Lipinski definition) is 2. The summed E-state index contributed by atoms with van der Waals surface area (Å²) in [6.07, 6.45) is 3.98. The van der Waals surface area contributed by atoms with Crippen LogP contribution in [0.5, 0.6) is 5.75 Å². The normalized spacial score (nSPS) is 18.7. The van der Waals surface area contributed by atoms with E-state index in [9.17, 15) is 13.5 Å². The van der Waals surface area contributed by atoms with Crippen molar-refractivity contribution in [2.45, 2.75) is 42.8 Å². The predicted molar refractivity (Wildman–Crippen MR) is 155 cm³/mol. The number of nitrogen functional groups attached to an aromatic ring is 1. The molecule has 6 rings (SSSR count). The van der Waals surface area contributed by atoms with Crippen molar-refractivity contribution in [2.24, 2.45) is 0 Å². The summed E-state index contributed by atoms with van der Waals surface area (Å²) in [5.41, 5.74) is 9.17. The van der Waals surface area contributed by atoms with Gasteiger partial charge in [-0.2, -0.15) is 8.42 Å². The highest BCUT2D eigenvalue weighted by atomic mass is 32.2. The minimum atomic E-state index is -3.98. The molecule has 9 nitrogen and oxygen atoms in total. The second-order valence-electron chi connectivity index (χ2n) is 10.5. The summed E-state index contributed by atoms with van der Waals surface area (Å²) in [6.45, 7) is 1.98. The van der Waals surface area contributed by atoms with Gasteiger partial charge >= 0.3 is 0 Å². The molecule has 10 heteroatoms. The number of aromatic nitrogens is 3. The zero-order valence-corrected chi connectivity index (χ0v) is 23.3. The number of aliphatic hydroxyl groups is 1. The van der Waals surface area contributed by atoms with Gasteiger partial charge in [0.15, 0.2) is 0 Å². The molecular formula is C31H30N4O5S. The first-order valence-electron chi connectivity index (χ1n) is 13.3. The van der Waals surface area contributed by atoms with E-state index in [1.807, 2.05) is 65.9 Å². The van der Waals surface area contributed by atoms with Crippen LogP contribution in [0.25, 0.3) is 16.8 Å². The van der Waals surface area contributed by atoms with E-state index in [2.05, 4.69) is 4.98 Å². The van der Waals surface area contributed by atoms with Crippen molar-refractivity contribution in [1.29, 1.82) is 0 Å². The maximum atomic E-state index is 12.6. The molecule has 0 bridgehead atoms. The van der Waals surface area contributed by atoms with Crippen molar-refractivity contribution in [3.8, 4) is 17.0 Å². The van der Waals surface area contributed by atoms with Crippen LogP contribution in [0.2, 0.25) is 0 Å². The highest BCUT2D eigenvalue weighted by Gasteiger charge is 2.46. The van der Waals surface area contributed by atoms with Gasteiger partial charge in [0.05, 0.1) is 17.1 Å². The fourth-order valence-electron chi connectivity index (χ4n) is 5.17. The lowest BCUT2D eigenvalue weighted by molar-refractivity contribution is -0.0800. The third-order valence-corrected chi connectivity index (χ3v) is 8.65. The summed E-state index contributed by atoms with van der Waals surface area (Å²) < 4.78 is 38.4. The Labute approximate surface area is 238 Å². The zero-order valence-electron chi connectivity index (χ0n) is 22.5. The molecule has 2 aromatic heterocycles. The molecule has 1 aliphatic carbocycles. The lowest BCUT2D eigenvalue weighted by Gasteiger charge is -2.42. The highest BCUT2D eigenvalue weighted by molar-refractivity contribution is 7.86. The van der Waals surface area contributed by atoms with Crippen molar-refractivity contribution >= 4 is 21.5 Å². The van der Waals surface area contributed by atoms with E-state index in [4.69, 9.17) is 19.6 Å². The number of fused-ring (bicyclic) bond motifs is 1. The Kier molecular flexibility index (Phi) is 6.98. The molecule has 3 N–H and O–H groups in total. The molecule has 1 aliphatic rings.